The number of hydrogen-bond acceptors (Lipinski definition) is 2. The zero-order valence-corrected chi connectivity index (χ0v) is 10.0. The van der Waals surface area contributed by atoms with Crippen LogP contribution in [0.15, 0.2) is 24.3 Å². The van der Waals surface area contributed by atoms with E-state index in [0.29, 0.717) is 0 Å². The van der Waals surface area contributed by atoms with E-state index in [1.165, 1.54) is 4.90 Å². The monoisotopic (exact) mass is 234 g/mol. The number of rotatable bonds is 1. The highest BCUT2D eigenvalue weighted by Crippen LogP contribution is 2.25. The molecule has 0 bridgehead atoms. The van der Waals surface area contributed by atoms with Crippen LogP contribution >= 0.6 is 0 Å². The van der Waals surface area contributed by atoms with Crippen molar-refractivity contribution < 1.29 is 19.3 Å². The summed E-state index contributed by atoms with van der Waals surface area (Å²) in [7, 11) is 2.21. The van der Waals surface area contributed by atoms with Gasteiger partial charge in [-0.15, -0.1) is 0 Å². The molecule has 1 saturated heterocycles. The number of carbonyl (C=O) groups excluding carboxylic acids is 1. The Bertz CT molecular complexity index is 439. The average molecular weight is 234 g/mol. The minimum Gasteiger partial charge on any atom is -0.404 e. The highest BCUT2D eigenvalue weighted by Gasteiger charge is 2.39. The molecule has 2 N–H and O–H groups in total. The lowest BCUT2D eigenvalue weighted by Gasteiger charge is -2.30. The van der Waals surface area contributed by atoms with Gasteiger partial charge in [0, 0.05) is 0 Å². The van der Waals surface area contributed by atoms with Crippen LogP contribution < -0.4 is 9.80 Å². The number of esters is 1. The van der Waals surface area contributed by atoms with Crippen molar-refractivity contribution in [2.24, 2.45) is 0 Å². The van der Waals surface area contributed by atoms with Crippen molar-refractivity contribution in [3.63, 3.8) is 0 Å². The van der Waals surface area contributed by atoms with E-state index in [2.05, 4.69) is 7.05 Å². The summed E-state index contributed by atoms with van der Waals surface area (Å²) in [6.45, 7) is 4.42. The molecule has 0 aliphatic carbocycles. The summed E-state index contributed by atoms with van der Waals surface area (Å²) in [4.78, 5) is 14.7. The molecular formula is C13H18N2O2+2. The van der Waals surface area contributed by atoms with E-state index in [-0.39, 0.29) is 12.2 Å². The molecule has 0 unspecified atom stereocenters. The molecule has 2 heterocycles. The van der Waals surface area contributed by atoms with E-state index in [1.807, 2.05) is 24.3 Å². The fourth-order valence-electron chi connectivity index (χ4n) is 2.71. The van der Waals surface area contributed by atoms with E-state index in [0.717, 1.165) is 37.3 Å². The molecule has 17 heavy (non-hydrogen) atoms. The van der Waals surface area contributed by atoms with Gasteiger partial charge in [0.2, 0.25) is 0 Å². The first-order valence-electron chi connectivity index (χ1n) is 6.21. The third kappa shape index (κ3) is 1.83. The molecule has 2 aliphatic heterocycles. The van der Waals surface area contributed by atoms with Crippen molar-refractivity contribution in [3.05, 3.63) is 35.4 Å². The summed E-state index contributed by atoms with van der Waals surface area (Å²) in [6, 6.07) is 7.75. The number of ether oxygens (including phenoxy) is 1. The van der Waals surface area contributed by atoms with Crippen LogP contribution in [0.4, 0.5) is 0 Å². The standard InChI is InChI=1S/C13H16N2O2/c1-14-6-8-15(9-7-14)12-10-4-2-3-5-11(10)13(16)17-12/h2-5,12H,6-9H2,1H3/p+2/t12-/m1/s1. The zero-order chi connectivity index (χ0) is 11.8. The molecule has 0 spiro atoms. The lowest BCUT2D eigenvalue weighted by Crippen LogP contribution is -3.27. The Morgan fingerprint density at radius 1 is 1.18 bits per heavy atom. The molecule has 0 amide bonds. The number of hydrogen-bond donors (Lipinski definition) is 2. The highest BCUT2D eigenvalue weighted by molar-refractivity contribution is 5.93. The van der Waals surface area contributed by atoms with Crippen molar-refractivity contribution in [1.82, 2.24) is 0 Å². The minimum absolute atomic E-state index is 0.0770. The Morgan fingerprint density at radius 2 is 1.88 bits per heavy atom. The topological polar surface area (TPSA) is 35.2 Å². The smallest absolute Gasteiger partial charge is 0.343 e. The molecule has 2 aliphatic rings. The van der Waals surface area contributed by atoms with E-state index in [1.54, 1.807) is 4.90 Å². The molecule has 1 aromatic carbocycles. The summed E-state index contributed by atoms with van der Waals surface area (Å²) < 4.78 is 5.52. The Kier molecular flexibility index (Phi) is 2.61. The fourth-order valence-corrected chi connectivity index (χ4v) is 2.71. The van der Waals surface area contributed by atoms with Crippen molar-refractivity contribution in [3.8, 4) is 0 Å². The van der Waals surface area contributed by atoms with Gasteiger partial charge in [-0.3, -0.25) is 4.90 Å². The molecule has 3 rings (SSSR count). The summed E-state index contributed by atoms with van der Waals surface area (Å²) >= 11 is 0. The van der Waals surface area contributed by atoms with Crippen LogP contribution in [-0.4, -0.2) is 39.2 Å². The molecule has 90 valence electrons. The Morgan fingerprint density at radius 3 is 2.65 bits per heavy atom. The molecular weight excluding hydrogens is 216 g/mol. The number of fused-ring (bicyclic) bond motifs is 1. The van der Waals surface area contributed by atoms with Crippen molar-refractivity contribution in [1.29, 1.82) is 0 Å². The number of likely N-dealkylation sites (N-methyl/N-ethyl adjacent to an activating group) is 1. The van der Waals surface area contributed by atoms with E-state index >= 15 is 0 Å². The second-order valence-electron chi connectivity index (χ2n) is 4.99. The molecule has 0 saturated carbocycles. The largest absolute Gasteiger partial charge is 0.404 e. The van der Waals surface area contributed by atoms with Gasteiger partial charge in [0.1, 0.15) is 26.2 Å². The van der Waals surface area contributed by atoms with Crippen LogP contribution in [0.2, 0.25) is 0 Å². The maximum Gasteiger partial charge on any atom is 0.343 e. The maximum atomic E-state index is 11.7. The highest BCUT2D eigenvalue weighted by atomic mass is 16.6. The SMILES string of the molecule is C[NH+]1CC[NH+]([C@@H]2OC(=O)c3ccccc32)CC1. The van der Waals surface area contributed by atoms with Crippen LogP contribution in [0.25, 0.3) is 0 Å². The zero-order valence-electron chi connectivity index (χ0n) is 10.0. The second-order valence-corrected chi connectivity index (χ2v) is 4.99. The summed E-state index contributed by atoms with van der Waals surface area (Å²) in [5.41, 5.74) is 1.81. The van der Waals surface area contributed by atoms with Crippen LogP contribution in [-0.2, 0) is 4.74 Å². The van der Waals surface area contributed by atoms with Gasteiger partial charge in [0.05, 0.1) is 18.2 Å². The number of nitrogens with one attached hydrogen (secondary N) is 2. The average Bonchev–Trinajstić information content (AvgIpc) is 2.69. The predicted octanol–water partition coefficient (Wildman–Crippen LogP) is -1.73. The van der Waals surface area contributed by atoms with Gasteiger partial charge in [-0.05, 0) is 12.1 Å². The molecule has 1 atom stereocenters. The van der Waals surface area contributed by atoms with Crippen molar-refractivity contribution in [2.45, 2.75) is 6.23 Å². The van der Waals surface area contributed by atoms with Crippen LogP contribution in [0.5, 0.6) is 0 Å². The quantitative estimate of drug-likeness (QED) is 0.566. The molecule has 1 fully saturated rings. The summed E-state index contributed by atoms with van der Waals surface area (Å²) in [5.74, 6) is -0.163. The molecule has 0 radical (unpaired) electrons. The molecule has 0 aromatic heterocycles. The third-order valence-electron chi connectivity index (χ3n) is 3.80. The van der Waals surface area contributed by atoms with E-state index in [4.69, 9.17) is 4.74 Å². The molecule has 4 nitrogen and oxygen atoms in total. The first kappa shape index (κ1) is 10.7. The summed E-state index contributed by atoms with van der Waals surface area (Å²) in [6.07, 6.45) is -0.0770. The number of cyclic esters (lactones) is 1. The van der Waals surface area contributed by atoms with Gasteiger partial charge in [-0.2, -0.15) is 0 Å². The molecule has 1 aromatic rings. The Hall–Kier alpha value is -1.39. The number of quaternary nitrogens is 2. The first-order chi connectivity index (χ1) is 8.25. The van der Waals surface area contributed by atoms with Gasteiger partial charge in [-0.1, -0.05) is 12.1 Å². The van der Waals surface area contributed by atoms with E-state index in [9.17, 15) is 4.79 Å². The number of benzene rings is 1. The maximum absolute atomic E-state index is 11.7. The van der Waals surface area contributed by atoms with Crippen molar-refractivity contribution in [2.75, 3.05) is 33.2 Å². The second kappa shape index (κ2) is 4.13. The van der Waals surface area contributed by atoms with Crippen LogP contribution in [0.1, 0.15) is 22.1 Å². The van der Waals surface area contributed by atoms with E-state index < -0.39 is 0 Å². The van der Waals surface area contributed by atoms with Crippen LogP contribution in [0.3, 0.4) is 0 Å². The number of carbonyl (C=O) groups is 1. The van der Waals surface area contributed by atoms with Gasteiger partial charge in [0.15, 0.2) is 0 Å². The normalized spacial score (nSPS) is 32.1. The van der Waals surface area contributed by atoms with Crippen molar-refractivity contribution >= 4 is 5.97 Å². The third-order valence-corrected chi connectivity index (χ3v) is 3.80. The number of piperazine rings is 1. The molecule has 4 heteroatoms. The van der Waals surface area contributed by atoms with Gasteiger partial charge in [-0.25, -0.2) is 4.79 Å². The lowest BCUT2D eigenvalue weighted by molar-refractivity contribution is -1.03. The fraction of sp³-hybridized carbons (Fsp3) is 0.462. The van der Waals surface area contributed by atoms with Gasteiger partial charge >= 0.3 is 5.97 Å². The summed E-state index contributed by atoms with van der Waals surface area (Å²) in [5, 5.41) is 0. The van der Waals surface area contributed by atoms with Gasteiger partial charge in [0.25, 0.3) is 6.23 Å². The Balaban J connectivity index is 1.84. The van der Waals surface area contributed by atoms with Crippen LogP contribution in [0, 0.1) is 0 Å². The first-order valence-corrected chi connectivity index (χ1v) is 6.21. The van der Waals surface area contributed by atoms with Gasteiger partial charge < -0.3 is 9.64 Å². The lowest BCUT2D eigenvalue weighted by atomic mass is 10.1. The Labute approximate surface area is 101 Å². The minimum atomic E-state index is -0.163. The predicted molar refractivity (Wildman–Crippen MR) is 61.9 cm³/mol.